The van der Waals surface area contributed by atoms with E-state index in [-0.39, 0.29) is 33.0 Å². The van der Waals surface area contributed by atoms with Gasteiger partial charge < -0.3 is 99.1 Å². The molecule has 3 aliphatic heterocycles. The van der Waals surface area contributed by atoms with E-state index in [0.29, 0.717) is 150 Å². The number of morpholine rings is 1. The average Bonchev–Trinajstić information content (AvgIpc) is 1.77. The topological polar surface area (TPSA) is 377 Å². The lowest BCUT2D eigenvalue weighted by atomic mass is 9.96. The number of fused-ring (bicyclic) bond motifs is 1. The normalized spacial score (nSPS) is 14.1. The third kappa shape index (κ3) is 24.4. The van der Waals surface area contributed by atoms with Crippen molar-refractivity contribution in [3.8, 4) is 17.2 Å². The maximum atomic E-state index is 13.0. The summed E-state index contributed by atoms with van der Waals surface area (Å²) in [5.41, 5.74) is 9.44. The van der Waals surface area contributed by atoms with Crippen molar-refractivity contribution in [2.45, 2.75) is 49.0 Å². The molecular formula is C91H103Cl4N19O12P4S. The summed E-state index contributed by atoms with van der Waals surface area (Å²) in [6.45, 7) is 22.6. The molecule has 0 radical (unpaired) electrons. The Labute approximate surface area is 782 Å². The fourth-order valence-corrected chi connectivity index (χ4v) is 20.6. The number of nitrogens with one attached hydrogen (secondary N) is 7. The number of ether oxygens (including phenoxy) is 4. The molecule has 0 unspecified atom stereocenters. The molecule has 40 heteroatoms. The van der Waals surface area contributed by atoms with Gasteiger partial charge in [0.1, 0.15) is 65.9 Å². The van der Waals surface area contributed by atoms with Crippen LogP contribution in [-0.4, -0.2) is 203 Å². The largest absolute Gasteiger partial charge is 0.495 e. The van der Waals surface area contributed by atoms with E-state index in [1.807, 2.05) is 105 Å². The summed E-state index contributed by atoms with van der Waals surface area (Å²) >= 11 is 25.4. The van der Waals surface area contributed by atoms with Crippen molar-refractivity contribution in [3.63, 3.8) is 0 Å². The van der Waals surface area contributed by atoms with Crippen LogP contribution < -0.4 is 87.3 Å². The molecule has 4 aromatic heterocycles. The predicted molar refractivity (Wildman–Crippen MR) is 533 cm³/mol. The van der Waals surface area contributed by atoms with Gasteiger partial charge in [0.05, 0.1) is 115 Å². The highest BCUT2D eigenvalue weighted by atomic mass is 35.5. The van der Waals surface area contributed by atoms with Crippen LogP contribution >= 0.6 is 75.0 Å². The number of anilines is 18. The van der Waals surface area contributed by atoms with E-state index in [1.54, 1.807) is 158 Å². The van der Waals surface area contributed by atoms with E-state index in [9.17, 15) is 36.6 Å². The Morgan fingerprint density at radius 1 is 0.496 bits per heavy atom. The lowest BCUT2D eigenvalue weighted by Crippen LogP contribution is -2.60. The second-order valence-electron chi connectivity index (χ2n) is 33.3. The maximum absolute atomic E-state index is 13.0. The molecule has 2 saturated heterocycles. The Bertz CT molecular complexity index is 6580. The van der Waals surface area contributed by atoms with Crippen LogP contribution in [0, 0.1) is 6.92 Å². The Kier molecular flexibility index (Phi) is 30.5. The molecular weight excluding hydrogens is 1850 g/mol. The van der Waals surface area contributed by atoms with Crippen molar-refractivity contribution < 1.29 is 55.5 Å². The number of rotatable bonds is 27. The van der Waals surface area contributed by atoms with E-state index in [2.05, 4.69) is 99.0 Å². The molecule has 8 aromatic carbocycles. The molecule has 31 nitrogen and oxygen atoms in total. The van der Waals surface area contributed by atoms with Gasteiger partial charge in [-0.2, -0.15) is 19.9 Å². The van der Waals surface area contributed by atoms with Crippen molar-refractivity contribution in [2.24, 2.45) is 0 Å². The molecule has 4 aliphatic rings. The number of aryl methyl sites for hydroxylation is 1. The van der Waals surface area contributed by atoms with Crippen LogP contribution in [0.25, 0.3) is 0 Å². The van der Waals surface area contributed by atoms with Gasteiger partial charge >= 0.3 is 0 Å². The highest BCUT2D eigenvalue weighted by molar-refractivity contribution is 7.92. The zero-order chi connectivity index (χ0) is 94.2. The van der Waals surface area contributed by atoms with Crippen LogP contribution in [0.4, 0.5) is 104 Å². The van der Waals surface area contributed by atoms with Crippen LogP contribution in [0.2, 0.25) is 20.1 Å². The number of hydrogen-bond acceptors (Lipinski definition) is 30. The van der Waals surface area contributed by atoms with Gasteiger partial charge in [-0.1, -0.05) is 82.8 Å². The molecule has 3 fully saturated rings. The first-order valence-corrected chi connectivity index (χ1v) is 54.8. The number of benzene rings is 8. The molecule has 131 heavy (non-hydrogen) atoms. The van der Waals surface area contributed by atoms with E-state index in [4.69, 9.17) is 65.4 Å². The zero-order valence-corrected chi connectivity index (χ0v) is 82.3. The van der Waals surface area contributed by atoms with Crippen LogP contribution in [0.5, 0.6) is 17.2 Å². The SMILES string of the molecule is COc1cc(N2CC(C)(O)C2)ccc1Nc1ncc(Cl)c(Nc2ccccc2P(C)(C)=O)n1.COc1cc(P(C)(C)=O)ccc1Nc1ncc(Cl)c(N(C)c2ccccc2S(=O)(=O)C2CC2)n1.COc1cc(P(C)(C)=O)ccc1Nc1ncc(Cl)c(Nc2cccc3c2C(=O)N(C)C3)n1.Cc1cc(P(C)(C)=O)ccc1Nc1ncc(Cl)c(Nc2ccc(N3CCOCC3)cc2)n1. The summed E-state index contributed by atoms with van der Waals surface area (Å²) < 4.78 is 97.6. The van der Waals surface area contributed by atoms with Gasteiger partial charge in [-0.3, -0.25) is 4.79 Å². The number of hydrogen-bond donors (Lipinski definition) is 8. The van der Waals surface area contributed by atoms with Crippen molar-refractivity contribution >= 4 is 216 Å². The summed E-state index contributed by atoms with van der Waals surface area (Å²) in [7, 11) is -4.98. The monoisotopic (exact) mass is 1950 g/mol. The first-order chi connectivity index (χ1) is 62.0. The standard InChI is InChI=1S/C23H27ClN5O3P.C23H27ClN5O2P.C23H26ClN4O4PS.C22H23ClN5O3P/c1-23(30)13-29(14-23)15-9-10-17(19(11-15)32-2)27-22-25-12-16(24)21(28-22)26-18-7-5-6-8-20(18)33(3,4)31;1-16-14-19(32(2,3)30)8-9-21(16)27-23-25-15-20(24)22(28-23)26-17-4-6-18(7-5-17)29-10-12-31-13-11-29;1-28(19-7-5-6-8-21(19)34(30,31)16-10-11-16)22-17(24)14-25-23(27-22)26-18-12-9-15(33(3,4)29)13-20(18)32-2;1-28-12-13-6-5-7-17(19(13)21(28)29)25-20-15(23)11-24-22(27-20)26-16-9-8-14(32(3,4)30)10-18(16)31-2/h5-12,30H,13-14H2,1-4H3,(H2,25,26,27,28);4-9,14-15H,10-13H2,1-3H3,(H2,25,26,27,28);5-9,12-14,16H,10-11H2,1-4H3,(H,25,26,27);5-11H,12H2,1-4H3,(H2,24,25,26,27). The van der Waals surface area contributed by atoms with E-state index >= 15 is 0 Å². The molecule has 1 amide bonds. The van der Waals surface area contributed by atoms with E-state index in [0.717, 1.165) is 70.8 Å². The fraction of sp³-hybridized carbons (Fsp3) is 0.286. The second-order valence-corrected chi connectivity index (χ2v) is 49.9. The quantitative estimate of drug-likeness (QED) is 0.0222. The highest BCUT2D eigenvalue weighted by Crippen LogP contribution is 2.46. The number of para-hydroxylation sites is 2. The van der Waals surface area contributed by atoms with Crippen molar-refractivity contribution in [3.05, 3.63) is 225 Å². The third-order valence-electron chi connectivity index (χ3n) is 21.4. The van der Waals surface area contributed by atoms with Crippen LogP contribution in [0.1, 0.15) is 41.3 Å². The molecule has 16 rings (SSSR count). The van der Waals surface area contributed by atoms with E-state index < -0.39 is 44.0 Å². The zero-order valence-electron chi connectivity index (χ0n) is 74.9. The smallest absolute Gasteiger partial charge is 0.256 e. The fourth-order valence-electron chi connectivity index (χ4n) is 14.2. The number of carbonyl (C=O) groups is 1. The minimum absolute atomic E-state index is 0.0550. The minimum atomic E-state index is -3.43. The molecule has 0 bridgehead atoms. The highest BCUT2D eigenvalue weighted by Gasteiger charge is 2.40. The Hall–Kier alpha value is -11.1. The summed E-state index contributed by atoms with van der Waals surface area (Å²) in [6, 6.07) is 50.0. The van der Waals surface area contributed by atoms with Gasteiger partial charge in [0.15, 0.2) is 33.1 Å². The molecule has 1 aliphatic carbocycles. The lowest BCUT2D eigenvalue weighted by Gasteiger charge is -2.45. The van der Waals surface area contributed by atoms with Gasteiger partial charge in [-0.05, 0) is 212 Å². The first kappa shape index (κ1) is 97.4. The number of aromatic nitrogens is 8. The third-order valence-corrected chi connectivity index (χ3v) is 31.0. The summed E-state index contributed by atoms with van der Waals surface area (Å²) in [5.74, 6) is 4.49. The first-order valence-electron chi connectivity index (χ1n) is 41.3. The van der Waals surface area contributed by atoms with Crippen molar-refractivity contribution in [1.82, 2.24) is 44.8 Å². The number of nitrogens with zero attached hydrogens (tertiary/aromatic N) is 12. The van der Waals surface area contributed by atoms with Crippen molar-refractivity contribution in [2.75, 3.05) is 180 Å². The number of methoxy groups -OCH3 is 3. The number of aliphatic hydroxyl groups is 1. The molecule has 0 spiro atoms. The number of halogens is 4. The van der Waals surface area contributed by atoms with Crippen LogP contribution in [0.3, 0.4) is 0 Å². The Morgan fingerprint density at radius 3 is 1.44 bits per heavy atom. The van der Waals surface area contributed by atoms with Gasteiger partial charge in [0.25, 0.3) is 5.91 Å². The van der Waals surface area contributed by atoms with Crippen molar-refractivity contribution in [1.29, 1.82) is 0 Å². The summed E-state index contributed by atoms with van der Waals surface area (Å²) in [4.78, 5) is 55.6. The minimum Gasteiger partial charge on any atom is -0.495 e. The molecule has 688 valence electrons. The molecule has 8 N–H and O–H groups in total. The number of sulfone groups is 1. The second kappa shape index (κ2) is 40.9. The van der Waals surface area contributed by atoms with Gasteiger partial charge in [0, 0.05) is 96.9 Å². The maximum Gasteiger partial charge on any atom is 0.256 e. The van der Waals surface area contributed by atoms with Crippen LogP contribution in [0.15, 0.2) is 193 Å². The lowest BCUT2D eigenvalue weighted by molar-refractivity contribution is 0.0310. The van der Waals surface area contributed by atoms with Gasteiger partial charge in [-0.15, -0.1) is 0 Å². The summed E-state index contributed by atoms with van der Waals surface area (Å²) in [6.07, 6.45) is 7.35. The summed E-state index contributed by atoms with van der Waals surface area (Å²) in [5, 5.41) is 36.2. The van der Waals surface area contributed by atoms with Crippen LogP contribution in [-0.2, 0) is 39.4 Å². The molecule has 7 heterocycles. The van der Waals surface area contributed by atoms with Gasteiger partial charge in [0.2, 0.25) is 23.8 Å². The molecule has 0 atom stereocenters. The van der Waals surface area contributed by atoms with Gasteiger partial charge in [-0.25, -0.2) is 28.4 Å². The van der Waals surface area contributed by atoms with E-state index in [1.165, 1.54) is 25.7 Å². The number of β-amino-alcohol motifs (C(OH)–C–C–N with tert-alkyl or cyclic N) is 1. The Morgan fingerprint density at radius 2 is 0.939 bits per heavy atom. The Balaban J connectivity index is 0.000000149. The molecule has 12 aromatic rings. The average molecular weight is 1950 g/mol. The number of carbonyl (C=O) groups excluding carboxylic acids is 1. The number of amides is 1. The molecule has 1 saturated carbocycles. The predicted octanol–water partition coefficient (Wildman–Crippen LogP) is 18.7.